The Kier molecular flexibility index (Phi) is 5.86. The zero-order valence-electron chi connectivity index (χ0n) is 16.0. The molecule has 26 heavy (non-hydrogen) atoms. The molecule has 146 valence electrons. The van der Waals surface area contributed by atoms with E-state index in [2.05, 4.69) is 4.74 Å². The van der Waals surface area contributed by atoms with Crippen molar-refractivity contribution in [3.63, 3.8) is 0 Å². The molecule has 0 spiro atoms. The normalized spacial score (nSPS) is 21.7. The van der Waals surface area contributed by atoms with Crippen molar-refractivity contribution in [2.45, 2.75) is 55.4 Å². The van der Waals surface area contributed by atoms with Crippen molar-refractivity contribution in [2.24, 2.45) is 0 Å². The van der Waals surface area contributed by atoms with E-state index in [0.717, 1.165) is 4.90 Å². The maximum atomic E-state index is 12.7. The molecule has 4 nitrogen and oxygen atoms in total. The minimum absolute atomic E-state index is 0.276. The third-order valence-corrected chi connectivity index (χ3v) is 4.31. The van der Waals surface area contributed by atoms with Gasteiger partial charge in [-0.2, -0.15) is 26.3 Å². The second kappa shape index (κ2) is 6.60. The molecule has 0 aromatic heterocycles. The first-order valence-electron chi connectivity index (χ1n) is 8.09. The minimum atomic E-state index is -5.74. The van der Waals surface area contributed by atoms with Gasteiger partial charge in [-0.3, -0.25) is 4.90 Å². The van der Waals surface area contributed by atoms with Crippen LogP contribution in [-0.2, 0) is 4.74 Å². The maximum Gasteiger partial charge on any atom is 0.434 e. The van der Waals surface area contributed by atoms with E-state index >= 15 is 0 Å². The smallest absolute Gasteiger partial charge is 0.427 e. The largest absolute Gasteiger partial charge is 0.434 e. The third-order valence-electron chi connectivity index (χ3n) is 4.31. The van der Waals surface area contributed by atoms with Crippen molar-refractivity contribution in [3.05, 3.63) is 0 Å². The second-order valence-corrected chi connectivity index (χ2v) is 8.83. The summed E-state index contributed by atoms with van der Waals surface area (Å²) in [5.41, 5.74) is -0.287. The van der Waals surface area contributed by atoms with Gasteiger partial charge in [0.25, 0.3) is 6.10 Å². The molecule has 0 atom stereocenters. The van der Waals surface area contributed by atoms with E-state index < -0.39 is 35.2 Å². The summed E-state index contributed by atoms with van der Waals surface area (Å²) in [7, 11) is 6.35. The third kappa shape index (κ3) is 5.07. The Labute approximate surface area is 152 Å². The van der Waals surface area contributed by atoms with E-state index in [-0.39, 0.29) is 18.6 Å². The molecule has 14 heteroatoms. The molecule has 1 saturated heterocycles. The summed E-state index contributed by atoms with van der Waals surface area (Å²) in [4.78, 5) is 15.4. The lowest BCUT2D eigenvalue weighted by atomic mass is 9.50. The van der Waals surface area contributed by atoms with Crippen molar-refractivity contribution < 1.29 is 35.9 Å². The van der Waals surface area contributed by atoms with Crippen LogP contribution in [0.4, 0.5) is 31.1 Å². The highest BCUT2D eigenvalue weighted by atomic mass is 19.4. The van der Waals surface area contributed by atoms with Gasteiger partial charge in [-0.15, -0.1) is 0 Å². The summed E-state index contributed by atoms with van der Waals surface area (Å²) < 4.78 is 80.3. The fourth-order valence-corrected chi connectivity index (χ4v) is 3.39. The summed E-state index contributed by atoms with van der Waals surface area (Å²) in [6.07, 6.45) is -17.3. The van der Waals surface area contributed by atoms with Crippen LogP contribution in [0.3, 0.4) is 0 Å². The number of halogens is 6. The lowest BCUT2D eigenvalue weighted by molar-refractivity contribution is -0.309. The number of carbonyl (C=O) groups excluding carboxylic acids is 1. The van der Waals surface area contributed by atoms with Crippen LogP contribution in [0.5, 0.6) is 0 Å². The number of nitrogens with zero attached hydrogens (tertiary/aromatic N) is 2. The Balaban J connectivity index is 3.18. The SMILES string of the molecule is BC1(B)CN(C(C)(C)C)CC(B)(B)N1C(=O)OC(C(F)(F)F)C(F)(F)F. The van der Waals surface area contributed by atoms with Gasteiger partial charge in [-0.05, 0) is 31.4 Å². The summed E-state index contributed by atoms with van der Waals surface area (Å²) in [5, 5.41) is -2.07. The summed E-state index contributed by atoms with van der Waals surface area (Å²) in [6, 6.07) is 0. The van der Waals surface area contributed by atoms with E-state index in [1.54, 1.807) is 31.4 Å². The van der Waals surface area contributed by atoms with Gasteiger partial charge in [0, 0.05) is 18.6 Å². The molecule has 1 heterocycles. The number of carbonyl (C=O) groups is 1. The lowest BCUT2D eigenvalue weighted by Crippen LogP contribution is -2.77. The molecule has 0 aromatic rings. The first kappa shape index (κ1) is 23.1. The van der Waals surface area contributed by atoms with Gasteiger partial charge in [0.2, 0.25) is 0 Å². The van der Waals surface area contributed by atoms with Gasteiger partial charge < -0.3 is 9.64 Å². The van der Waals surface area contributed by atoms with Crippen molar-refractivity contribution in [1.82, 2.24) is 9.80 Å². The Morgan fingerprint density at radius 1 is 0.923 bits per heavy atom. The van der Waals surface area contributed by atoms with E-state index in [1.807, 2.05) is 25.7 Å². The molecule has 0 saturated carbocycles. The number of hydrogen-bond acceptors (Lipinski definition) is 3. The molecule has 1 aliphatic heterocycles. The summed E-state index contributed by atoms with van der Waals surface area (Å²) in [6.45, 7) is 6.37. The highest BCUT2D eigenvalue weighted by Gasteiger charge is 2.61. The zero-order chi connectivity index (χ0) is 20.9. The fourth-order valence-electron chi connectivity index (χ4n) is 3.39. The van der Waals surface area contributed by atoms with Crippen LogP contribution in [0.25, 0.3) is 0 Å². The fraction of sp³-hybridized carbons (Fsp3) is 0.917. The molecule has 0 aromatic carbocycles. The molecule has 0 radical (unpaired) electrons. The molecular formula is C12H22B4F6N2O2. The Bertz CT molecular complexity index is 515. The number of ether oxygens (including phenoxy) is 1. The van der Waals surface area contributed by atoms with Crippen LogP contribution in [0.15, 0.2) is 0 Å². The van der Waals surface area contributed by atoms with Crippen molar-refractivity contribution in [3.8, 4) is 0 Å². The van der Waals surface area contributed by atoms with Crippen LogP contribution in [0, 0.1) is 0 Å². The average Bonchev–Trinajstić information content (AvgIpc) is 2.28. The molecule has 1 fully saturated rings. The number of rotatable bonds is 1. The average molecular weight is 384 g/mol. The molecule has 1 aliphatic rings. The quantitative estimate of drug-likeness (QED) is 0.425. The van der Waals surface area contributed by atoms with Gasteiger partial charge in [0.15, 0.2) is 0 Å². The van der Waals surface area contributed by atoms with Crippen LogP contribution >= 0.6 is 0 Å². The maximum absolute atomic E-state index is 12.7. The summed E-state index contributed by atoms with van der Waals surface area (Å²) in [5.74, 6) is 0. The first-order valence-corrected chi connectivity index (χ1v) is 8.09. The molecular weight excluding hydrogens is 361 g/mol. The monoisotopic (exact) mass is 384 g/mol. The number of amides is 1. The predicted octanol–water partition coefficient (Wildman–Crippen LogP) is -1.13. The lowest BCUT2D eigenvalue weighted by Gasteiger charge is -2.59. The number of hydrogen-bond donors (Lipinski definition) is 0. The van der Waals surface area contributed by atoms with Gasteiger partial charge in [0.1, 0.15) is 31.4 Å². The van der Waals surface area contributed by atoms with Crippen LogP contribution in [0.2, 0.25) is 0 Å². The molecule has 0 bridgehead atoms. The Morgan fingerprint density at radius 3 is 1.54 bits per heavy atom. The van der Waals surface area contributed by atoms with Crippen molar-refractivity contribution >= 4 is 37.5 Å². The highest BCUT2D eigenvalue weighted by Crippen LogP contribution is 2.37. The molecule has 1 amide bonds. The van der Waals surface area contributed by atoms with Gasteiger partial charge in [0.05, 0.1) is 0 Å². The first-order chi connectivity index (χ1) is 11.2. The minimum Gasteiger partial charge on any atom is -0.427 e. The van der Waals surface area contributed by atoms with E-state index in [1.165, 1.54) is 0 Å². The molecule has 1 rings (SSSR count). The Hall–Kier alpha value is -0.930. The number of alkyl halides is 6. The van der Waals surface area contributed by atoms with Crippen LogP contribution in [-0.4, -0.2) is 95.0 Å². The predicted molar refractivity (Wildman–Crippen MR) is 95.2 cm³/mol. The highest BCUT2D eigenvalue weighted by molar-refractivity contribution is 6.46. The van der Waals surface area contributed by atoms with Gasteiger partial charge >= 0.3 is 18.4 Å². The second-order valence-electron chi connectivity index (χ2n) is 8.83. The standard InChI is InChI=1S/C12H22B4F6N2O2/c1-8(2,3)23-4-9(13,14)24(10(15,16)5-23)7(25)26-6(11(17,18)19)12(20,21)22/h6H,4-5,13-16H2,1-3H3. The van der Waals surface area contributed by atoms with E-state index in [9.17, 15) is 31.1 Å². The number of piperazine rings is 1. The summed E-state index contributed by atoms with van der Waals surface area (Å²) >= 11 is 0. The molecule has 0 aliphatic carbocycles. The van der Waals surface area contributed by atoms with E-state index in [4.69, 9.17) is 0 Å². The molecule has 0 unspecified atom stereocenters. The van der Waals surface area contributed by atoms with Crippen molar-refractivity contribution in [1.29, 1.82) is 0 Å². The van der Waals surface area contributed by atoms with Crippen molar-refractivity contribution in [2.75, 3.05) is 13.1 Å². The van der Waals surface area contributed by atoms with Gasteiger partial charge in [-0.25, -0.2) is 4.79 Å². The molecule has 0 N–H and O–H groups in total. The van der Waals surface area contributed by atoms with Gasteiger partial charge in [-0.1, -0.05) is 0 Å². The van der Waals surface area contributed by atoms with Crippen LogP contribution in [0.1, 0.15) is 20.8 Å². The van der Waals surface area contributed by atoms with E-state index in [0.29, 0.717) is 0 Å². The Morgan fingerprint density at radius 2 is 1.27 bits per heavy atom. The van der Waals surface area contributed by atoms with Crippen LogP contribution < -0.4 is 0 Å². The topological polar surface area (TPSA) is 32.8 Å². The zero-order valence-corrected chi connectivity index (χ0v) is 16.0.